The van der Waals surface area contributed by atoms with Crippen LogP contribution in [0.1, 0.15) is 56.1 Å². The molecule has 0 spiro atoms. The molecular weight excluding hydrogens is 278 g/mol. The van der Waals surface area contributed by atoms with Gasteiger partial charge in [0.25, 0.3) is 0 Å². The van der Waals surface area contributed by atoms with Crippen LogP contribution in [0.4, 0.5) is 0 Å². The molecule has 0 saturated heterocycles. The van der Waals surface area contributed by atoms with Crippen molar-refractivity contribution in [3.8, 4) is 5.75 Å². The smallest absolute Gasteiger partial charge is 0.220 e. The summed E-state index contributed by atoms with van der Waals surface area (Å²) in [4.78, 5) is 12.1. The Bertz CT molecular complexity index is 501. The van der Waals surface area contributed by atoms with Gasteiger partial charge in [-0.3, -0.25) is 4.79 Å². The largest absolute Gasteiger partial charge is 0.497 e. The van der Waals surface area contributed by atoms with Crippen LogP contribution in [0.15, 0.2) is 18.2 Å². The van der Waals surface area contributed by atoms with E-state index in [1.54, 1.807) is 7.11 Å². The lowest BCUT2D eigenvalue weighted by atomic mass is 9.81. The highest BCUT2D eigenvalue weighted by Gasteiger charge is 2.23. The van der Waals surface area contributed by atoms with E-state index < -0.39 is 0 Å². The first-order valence-corrected chi connectivity index (χ1v) is 8.25. The van der Waals surface area contributed by atoms with Gasteiger partial charge in [0.15, 0.2) is 0 Å². The molecular formula is C18H27NO3. The number of hydrogen-bond acceptors (Lipinski definition) is 3. The number of benzene rings is 1. The predicted octanol–water partition coefficient (Wildman–Crippen LogP) is 2.78. The Kier molecular flexibility index (Phi) is 6.25. The van der Waals surface area contributed by atoms with Gasteiger partial charge < -0.3 is 15.2 Å². The van der Waals surface area contributed by atoms with E-state index >= 15 is 0 Å². The number of nitrogens with one attached hydrogen (secondary N) is 1. The Labute approximate surface area is 132 Å². The van der Waals surface area contributed by atoms with E-state index in [2.05, 4.69) is 17.4 Å². The summed E-state index contributed by atoms with van der Waals surface area (Å²) in [5, 5.41) is 12.4. The Morgan fingerprint density at radius 2 is 2.32 bits per heavy atom. The highest BCUT2D eigenvalue weighted by molar-refractivity contribution is 5.77. The Morgan fingerprint density at radius 3 is 3.05 bits per heavy atom. The monoisotopic (exact) mass is 305 g/mol. The lowest BCUT2D eigenvalue weighted by Crippen LogP contribution is -2.29. The Morgan fingerprint density at radius 1 is 1.50 bits per heavy atom. The van der Waals surface area contributed by atoms with Crippen LogP contribution in [0.3, 0.4) is 0 Å². The fraction of sp³-hybridized carbons (Fsp3) is 0.611. The third-order valence-corrected chi connectivity index (χ3v) is 4.49. The highest BCUT2D eigenvalue weighted by atomic mass is 16.5. The summed E-state index contributed by atoms with van der Waals surface area (Å²) in [6.45, 7) is 2.50. The van der Waals surface area contributed by atoms with Gasteiger partial charge in [0.2, 0.25) is 5.91 Å². The number of methoxy groups -OCH3 is 1. The third kappa shape index (κ3) is 4.47. The maximum absolute atomic E-state index is 12.1. The van der Waals surface area contributed by atoms with Gasteiger partial charge in [-0.1, -0.05) is 13.0 Å². The first kappa shape index (κ1) is 16.8. The SMILES string of the molecule is CCC(O)CCNC(=O)CC1CCCc2cc(OC)ccc21. The van der Waals surface area contributed by atoms with Crippen LogP contribution in [0.25, 0.3) is 0 Å². The van der Waals surface area contributed by atoms with Crippen LogP contribution in [-0.4, -0.2) is 30.8 Å². The standard InChI is InChI=1S/C18H27NO3/c1-3-15(20)9-10-19-18(21)12-14-6-4-5-13-11-16(22-2)7-8-17(13)14/h7-8,11,14-15,20H,3-6,9-10,12H2,1-2H3,(H,19,21). The zero-order chi connectivity index (χ0) is 15.9. The van der Waals surface area contributed by atoms with Crippen LogP contribution in [0.2, 0.25) is 0 Å². The second-order valence-electron chi connectivity index (χ2n) is 6.06. The van der Waals surface area contributed by atoms with E-state index in [-0.39, 0.29) is 12.0 Å². The van der Waals surface area contributed by atoms with E-state index in [4.69, 9.17) is 4.74 Å². The van der Waals surface area contributed by atoms with Crippen LogP contribution < -0.4 is 10.1 Å². The van der Waals surface area contributed by atoms with Crippen molar-refractivity contribution >= 4 is 5.91 Å². The molecule has 2 atom stereocenters. The topological polar surface area (TPSA) is 58.6 Å². The minimum absolute atomic E-state index is 0.0805. The van der Waals surface area contributed by atoms with Gasteiger partial charge in [-0.05, 0) is 61.3 Å². The Hall–Kier alpha value is -1.55. The van der Waals surface area contributed by atoms with Crippen molar-refractivity contribution in [1.29, 1.82) is 0 Å². The van der Waals surface area contributed by atoms with Crippen LogP contribution in [-0.2, 0) is 11.2 Å². The number of carbonyl (C=O) groups is 1. The molecule has 1 amide bonds. The van der Waals surface area contributed by atoms with Crippen LogP contribution >= 0.6 is 0 Å². The molecule has 1 aromatic rings. The number of hydrogen-bond donors (Lipinski definition) is 2. The summed E-state index contributed by atoms with van der Waals surface area (Å²) >= 11 is 0. The highest BCUT2D eigenvalue weighted by Crippen LogP contribution is 2.35. The molecule has 0 aromatic heterocycles. The minimum Gasteiger partial charge on any atom is -0.497 e. The molecule has 22 heavy (non-hydrogen) atoms. The molecule has 1 aliphatic rings. The number of carbonyl (C=O) groups excluding carboxylic acids is 1. The quantitative estimate of drug-likeness (QED) is 0.814. The first-order valence-electron chi connectivity index (χ1n) is 8.25. The lowest BCUT2D eigenvalue weighted by molar-refractivity contribution is -0.121. The van der Waals surface area contributed by atoms with Gasteiger partial charge in [-0.25, -0.2) is 0 Å². The average Bonchev–Trinajstić information content (AvgIpc) is 2.54. The Balaban J connectivity index is 1.90. The van der Waals surface area contributed by atoms with Gasteiger partial charge in [0, 0.05) is 13.0 Å². The molecule has 4 heteroatoms. The first-order chi connectivity index (χ1) is 10.6. The van der Waals surface area contributed by atoms with Crippen LogP contribution in [0.5, 0.6) is 5.75 Å². The van der Waals surface area contributed by atoms with Gasteiger partial charge >= 0.3 is 0 Å². The molecule has 1 aromatic carbocycles. The molecule has 0 fully saturated rings. The summed E-state index contributed by atoms with van der Waals surface area (Å²) < 4.78 is 5.28. The summed E-state index contributed by atoms with van der Waals surface area (Å²) in [6.07, 6.45) is 4.81. The number of amides is 1. The van der Waals surface area contributed by atoms with Crippen LogP contribution in [0, 0.1) is 0 Å². The average molecular weight is 305 g/mol. The molecule has 0 radical (unpaired) electrons. The van der Waals surface area contributed by atoms with Crippen molar-refractivity contribution in [1.82, 2.24) is 5.32 Å². The van der Waals surface area contributed by atoms with Crippen molar-refractivity contribution in [2.45, 2.75) is 57.5 Å². The molecule has 0 bridgehead atoms. The van der Waals surface area contributed by atoms with Gasteiger partial charge in [0.05, 0.1) is 13.2 Å². The molecule has 4 nitrogen and oxygen atoms in total. The number of fused-ring (bicyclic) bond motifs is 1. The number of rotatable bonds is 7. The zero-order valence-electron chi connectivity index (χ0n) is 13.6. The maximum Gasteiger partial charge on any atom is 0.220 e. The number of aryl methyl sites for hydroxylation is 1. The fourth-order valence-corrected chi connectivity index (χ4v) is 3.11. The molecule has 2 N–H and O–H groups in total. The van der Waals surface area contributed by atoms with Gasteiger partial charge in [-0.15, -0.1) is 0 Å². The summed E-state index contributed by atoms with van der Waals surface area (Å²) in [7, 11) is 1.68. The number of aliphatic hydroxyl groups excluding tert-OH is 1. The fourth-order valence-electron chi connectivity index (χ4n) is 3.11. The van der Waals surface area contributed by atoms with Gasteiger partial charge in [-0.2, -0.15) is 0 Å². The minimum atomic E-state index is -0.317. The van der Waals surface area contributed by atoms with Crippen molar-refractivity contribution in [3.05, 3.63) is 29.3 Å². The predicted molar refractivity (Wildman–Crippen MR) is 87.2 cm³/mol. The van der Waals surface area contributed by atoms with E-state index in [0.717, 1.165) is 31.4 Å². The van der Waals surface area contributed by atoms with Crippen molar-refractivity contribution in [3.63, 3.8) is 0 Å². The summed E-state index contributed by atoms with van der Waals surface area (Å²) in [5.74, 6) is 1.26. The second-order valence-corrected chi connectivity index (χ2v) is 6.06. The molecule has 1 aliphatic carbocycles. The van der Waals surface area contributed by atoms with Crippen molar-refractivity contribution in [2.24, 2.45) is 0 Å². The molecule has 0 heterocycles. The third-order valence-electron chi connectivity index (χ3n) is 4.49. The normalized spacial score (nSPS) is 18.4. The van der Waals surface area contributed by atoms with E-state index in [0.29, 0.717) is 25.3 Å². The zero-order valence-corrected chi connectivity index (χ0v) is 13.6. The van der Waals surface area contributed by atoms with E-state index in [1.165, 1.54) is 11.1 Å². The molecule has 122 valence electrons. The lowest BCUT2D eigenvalue weighted by Gasteiger charge is -2.25. The van der Waals surface area contributed by atoms with E-state index in [1.807, 2.05) is 13.0 Å². The molecule has 2 unspecified atom stereocenters. The molecule has 0 aliphatic heterocycles. The van der Waals surface area contributed by atoms with E-state index in [9.17, 15) is 9.90 Å². The summed E-state index contributed by atoms with van der Waals surface area (Å²) in [5.41, 5.74) is 2.60. The van der Waals surface area contributed by atoms with Crippen molar-refractivity contribution < 1.29 is 14.6 Å². The van der Waals surface area contributed by atoms with Gasteiger partial charge in [0.1, 0.15) is 5.75 Å². The summed E-state index contributed by atoms with van der Waals surface area (Å²) in [6, 6.07) is 6.18. The van der Waals surface area contributed by atoms with Crippen molar-refractivity contribution in [2.75, 3.05) is 13.7 Å². The maximum atomic E-state index is 12.1. The number of aliphatic hydroxyl groups is 1. The second kappa shape index (κ2) is 8.18. The molecule has 0 saturated carbocycles. The molecule has 2 rings (SSSR count). The number of ether oxygens (including phenoxy) is 1.